The molecule has 0 heterocycles. The molecule has 2 N–H and O–H groups in total. The number of carbonyl (C=O) groups is 4. The standard InChI is InChI=1S/C18H32O2.C9H16O3.C9H18O/c1-2-3-4-5-6-7-8-9-10-11-12-13-14-15-16-17-18(19)20;10-8-6-4-2-1-3-5-7-9(11)12;1-2-3-4-5-6-7-8-9-10/h6-7,9-10H,2-5,8,11-17H2,1H3,(H,19,20);8H,1-7H2,(H,11,12);9H,2-8H2,1H3/b7-6-,10-9-;;. The van der Waals surface area contributed by atoms with Crippen LogP contribution in [0.15, 0.2) is 24.3 Å². The number of allylic oxidation sites excluding steroid dienone is 4. The Hall–Kier alpha value is -2.24. The summed E-state index contributed by atoms with van der Waals surface area (Å²) in [6.07, 6.45) is 38.3. The van der Waals surface area contributed by atoms with Gasteiger partial charge in [-0.3, -0.25) is 9.59 Å². The predicted octanol–water partition coefficient (Wildman–Crippen LogP) is 10.8. The third-order valence-electron chi connectivity index (χ3n) is 6.73. The van der Waals surface area contributed by atoms with E-state index in [2.05, 4.69) is 38.2 Å². The third kappa shape index (κ3) is 53.9. The van der Waals surface area contributed by atoms with Crippen molar-refractivity contribution >= 4 is 24.5 Å². The van der Waals surface area contributed by atoms with Gasteiger partial charge in [0, 0.05) is 25.7 Å². The minimum Gasteiger partial charge on any atom is -0.481 e. The number of carboxylic acid groups (broad SMARTS) is 2. The molecule has 0 saturated heterocycles. The van der Waals surface area contributed by atoms with Crippen molar-refractivity contribution in [3.8, 4) is 0 Å². The average molecular weight is 595 g/mol. The maximum Gasteiger partial charge on any atom is 0.303 e. The van der Waals surface area contributed by atoms with Crippen LogP contribution in [0.2, 0.25) is 0 Å². The van der Waals surface area contributed by atoms with E-state index in [0.29, 0.717) is 12.8 Å². The molecule has 0 aromatic rings. The molecule has 6 heteroatoms. The molecular weight excluding hydrogens is 528 g/mol. The smallest absolute Gasteiger partial charge is 0.303 e. The first-order valence-electron chi connectivity index (χ1n) is 17.1. The Morgan fingerprint density at radius 1 is 0.429 bits per heavy atom. The van der Waals surface area contributed by atoms with E-state index in [-0.39, 0.29) is 6.42 Å². The lowest BCUT2D eigenvalue weighted by molar-refractivity contribution is -0.138. The van der Waals surface area contributed by atoms with Crippen molar-refractivity contribution in [2.75, 3.05) is 0 Å². The molecule has 246 valence electrons. The first kappa shape index (κ1) is 44.2. The maximum absolute atomic E-state index is 10.3. The van der Waals surface area contributed by atoms with Crippen molar-refractivity contribution in [1.29, 1.82) is 0 Å². The van der Waals surface area contributed by atoms with Crippen LogP contribution in [-0.4, -0.2) is 34.7 Å². The van der Waals surface area contributed by atoms with Crippen molar-refractivity contribution < 1.29 is 29.4 Å². The van der Waals surface area contributed by atoms with E-state index in [4.69, 9.17) is 10.2 Å². The van der Waals surface area contributed by atoms with E-state index in [0.717, 1.165) is 83.2 Å². The monoisotopic (exact) mass is 594 g/mol. The summed E-state index contributed by atoms with van der Waals surface area (Å²) in [4.78, 5) is 40.2. The minimum absolute atomic E-state index is 0.272. The molecule has 0 aromatic heterocycles. The van der Waals surface area contributed by atoms with Crippen LogP contribution < -0.4 is 0 Å². The van der Waals surface area contributed by atoms with E-state index in [1.54, 1.807) is 0 Å². The highest BCUT2D eigenvalue weighted by atomic mass is 16.4. The summed E-state index contributed by atoms with van der Waals surface area (Å²) in [5, 5.41) is 16.8. The predicted molar refractivity (Wildman–Crippen MR) is 177 cm³/mol. The molecule has 42 heavy (non-hydrogen) atoms. The van der Waals surface area contributed by atoms with Crippen molar-refractivity contribution in [2.45, 2.75) is 181 Å². The van der Waals surface area contributed by atoms with Gasteiger partial charge in [0.15, 0.2) is 0 Å². The molecule has 0 aliphatic heterocycles. The number of unbranched alkanes of at least 4 members (excludes halogenated alkanes) is 19. The van der Waals surface area contributed by atoms with Crippen LogP contribution in [0.3, 0.4) is 0 Å². The van der Waals surface area contributed by atoms with Crippen molar-refractivity contribution in [3.63, 3.8) is 0 Å². The van der Waals surface area contributed by atoms with Gasteiger partial charge in [0.2, 0.25) is 0 Å². The highest BCUT2D eigenvalue weighted by molar-refractivity contribution is 5.66. The zero-order valence-electron chi connectivity index (χ0n) is 27.4. The number of carbonyl (C=O) groups excluding carboxylic acids is 2. The molecule has 0 aliphatic carbocycles. The fraction of sp³-hybridized carbons (Fsp3) is 0.778. The lowest BCUT2D eigenvalue weighted by Crippen LogP contribution is -1.93. The van der Waals surface area contributed by atoms with Crippen LogP contribution >= 0.6 is 0 Å². The van der Waals surface area contributed by atoms with Crippen molar-refractivity contribution in [3.05, 3.63) is 24.3 Å². The second-order valence-electron chi connectivity index (χ2n) is 11.0. The quantitative estimate of drug-likeness (QED) is 0.0506. The Labute approximate surface area is 258 Å². The second-order valence-corrected chi connectivity index (χ2v) is 11.0. The number of carboxylic acids is 2. The normalized spacial score (nSPS) is 10.6. The minimum atomic E-state index is -0.720. The number of aldehydes is 2. The summed E-state index contributed by atoms with van der Waals surface area (Å²) in [5.41, 5.74) is 0. The summed E-state index contributed by atoms with van der Waals surface area (Å²) in [7, 11) is 0. The van der Waals surface area contributed by atoms with Crippen LogP contribution in [0.4, 0.5) is 0 Å². The fourth-order valence-electron chi connectivity index (χ4n) is 4.13. The van der Waals surface area contributed by atoms with Crippen LogP contribution in [-0.2, 0) is 19.2 Å². The Kier molecular flexibility index (Phi) is 45.5. The summed E-state index contributed by atoms with van der Waals surface area (Å²) in [6, 6.07) is 0. The number of hydrogen-bond donors (Lipinski definition) is 2. The van der Waals surface area contributed by atoms with Crippen LogP contribution in [0.5, 0.6) is 0 Å². The molecule has 0 radical (unpaired) electrons. The lowest BCUT2D eigenvalue weighted by atomic mass is 10.1. The maximum atomic E-state index is 10.3. The van der Waals surface area contributed by atoms with Gasteiger partial charge in [0.25, 0.3) is 0 Å². The zero-order valence-corrected chi connectivity index (χ0v) is 27.4. The summed E-state index contributed by atoms with van der Waals surface area (Å²) < 4.78 is 0. The van der Waals surface area contributed by atoms with E-state index < -0.39 is 11.9 Å². The third-order valence-corrected chi connectivity index (χ3v) is 6.73. The van der Waals surface area contributed by atoms with Gasteiger partial charge in [-0.15, -0.1) is 0 Å². The molecule has 0 aliphatic rings. The van der Waals surface area contributed by atoms with Gasteiger partial charge in [-0.05, 0) is 57.8 Å². The highest BCUT2D eigenvalue weighted by Crippen LogP contribution is 2.09. The Morgan fingerprint density at radius 2 is 0.738 bits per heavy atom. The Morgan fingerprint density at radius 3 is 1.12 bits per heavy atom. The average Bonchev–Trinajstić information content (AvgIpc) is 2.97. The van der Waals surface area contributed by atoms with Crippen molar-refractivity contribution in [1.82, 2.24) is 0 Å². The molecular formula is C36H66O6. The molecule has 0 amide bonds. The van der Waals surface area contributed by atoms with Gasteiger partial charge >= 0.3 is 11.9 Å². The van der Waals surface area contributed by atoms with E-state index >= 15 is 0 Å². The molecule has 0 rings (SSSR count). The Bertz CT molecular complexity index is 626. The van der Waals surface area contributed by atoms with Crippen LogP contribution in [0, 0.1) is 0 Å². The summed E-state index contributed by atoms with van der Waals surface area (Å²) in [5.74, 6) is -1.39. The number of aliphatic carboxylic acids is 2. The second kappa shape index (κ2) is 43.2. The van der Waals surface area contributed by atoms with Gasteiger partial charge in [-0.25, -0.2) is 0 Å². The molecule has 0 unspecified atom stereocenters. The van der Waals surface area contributed by atoms with Crippen LogP contribution in [0.25, 0.3) is 0 Å². The van der Waals surface area contributed by atoms with E-state index in [9.17, 15) is 19.2 Å². The van der Waals surface area contributed by atoms with Gasteiger partial charge in [0.05, 0.1) is 0 Å². The first-order valence-corrected chi connectivity index (χ1v) is 17.1. The lowest BCUT2D eigenvalue weighted by Gasteiger charge is -1.98. The molecule has 0 bridgehead atoms. The fourth-order valence-corrected chi connectivity index (χ4v) is 4.13. The zero-order chi connectivity index (χ0) is 31.8. The summed E-state index contributed by atoms with van der Waals surface area (Å²) in [6.45, 7) is 4.45. The number of hydrogen-bond acceptors (Lipinski definition) is 4. The van der Waals surface area contributed by atoms with Gasteiger partial charge in [-0.2, -0.15) is 0 Å². The van der Waals surface area contributed by atoms with Gasteiger partial charge in [-0.1, -0.05) is 122 Å². The van der Waals surface area contributed by atoms with Gasteiger partial charge in [0.1, 0.15) is 12.6 Å². The van der Waals surface area contributed by atoms with E-state index in [1.165, 1.54) is 77.0 Å². The molecule has 0 saturated carbocycles. The molecule has 0 atom stereocenters. The van der Waals surface area contributed by atoms with Gasteiger partial charge < -0.3 is 19.8 Å². The molecule has 0 fully saturated rings. The highest BCUT2D eigenvalue weighted by Gasteiger charge is 1.96. The van der Waals surface area contributed by atoms with E-state index in [1.807, 2.05) is 0 Å². The largest absolute Gasteiger partial charge is 0.481 e. The molecule has 0 aromatic carbocycles. The summed E-state index contributed by atoms with van der Waals surface area (Å²) >= 11 is 0. The number of rotatable bonds is 29. The SMILES string of the molecule is CCCCC/C=C\C/C=C\CCCCCCCC(=O)O.CCCCCCCCC=O.O=CCCCCCCCC(=O)O. The molecule has 6 nitrogen and oxygen atoms in total. The van der Waals surface area contributed by atoms with Crippen molar-refractivity contribution in [2.24, 2.45) is 0 Å². The molecule has 0 spiro atoms. The first-order chi connectivity index (χ1) is 20.5. The topological polar surface area (TPSA) is 109 Å². The van der Waals surface area contributed by atoms with Crippen LogP contribution in [0.1, 0.15) is 181 Å². The Balaban J connectivity index is -0.000000590.